The van der Waals surface area contributed by atoms with Crippen molar-refractivity contribution in [2.45, 2.75) is 6.42 Å². The summed E-state index contributed by atoms with van der Waals surface area (Å²) < 4.78 is 6.13. The van der Waals surface area contributed by atoms with Crippen molar-refractivity contribution in [1.82, 2.24) is 4.98 Å². The second-order valence-electron chi connectivity index (χ2n) is 3.40. The van der Waals surface area contributed by atoms with Gasteiger partial charge in [-0.3, -0.25) is 0 Å². The number of hydrogen-bond acceptors (Lipinski definition) is 4. The fourth-order valence-electron chi connectivity index (χ4n) is 1.39. The van der Waals surface area contributed by atoms with Crippen LogP contribution in [0.5, 0.6) is 0 Å². The summed E-state index contributed by atoms with van der Waals surface area (Å²) in [7, 11) is 1.71. The molecule has 1 N–H and O–H groups in total. The number of hydrogen-bond donors (Lipinski definition) is 1. The molecule has 0 radical (unpaired) electrons. The molecule has 1 aromatic heterocycles. The van der Waals surface area contributed by atoms with E-state index in [1.807, 2.05) is 18.2 Å². The zero-order chi connectivity index (χ0) is 11.4. The average Bonchev–Trinajstić information content (AvgIpc) is 2.66. The lowest BCUT2D eigenvalue weighted by molar-refractivity contribution is 0.198. The fraction of sp³-hybridized carbons (Fsp3) is 0.364. The maximum Gasteiger partial charge on any atom is 0.183 e. The maximum absolute atomic E-state index is 5.90. The van der Waals surface area contributed by atoms with E-state index in [0.29, 0.717) is 0 Å². The van der Waals surface area contributed by atoms with Crippen LogP contribution in [0.1, 0.15) is 6.42 Å². The number of halogens is 1. The van der Waals surface area contributed by atoms with Crippen LogP contribution < -0.4 is 5.32 Å². The summed E-state index contributed by atoms with van der Waals surface area (Å²) in [6, 6.07) is 5.76. The molecular formula is C11H13ClN2OS. The number of rotatable bonds is 5. The molecular weight excluding hydrogens is 244 g/mol. The molecule has 5 heteroatoms. The molecule has 2 rings (SSSR count). The third-order valence-corrected chi connectivity index (χ3v) is 3.38. The maximum atomic E-state index is 5.90. The molecule has 0 amide bonds. The Morgan fingerprint density at radius 1 is 1.50 bits per heavy atom. The lowest BCUT2D eigenvalue weighted by atomic mass is 10.3. The molecule has 0 aliphatic rings. The number of nitrogens with zero attached hydrogens (tertiary/aromatic N) is 1. The molecule has 0 saturated carbocycles. The Kier molecular flexibility index (Phi) is 3.98. The number of nitrogens with one attached hydrogen (secondary N) is 1. The van der Waals surface area contributed by atoms with Crippen LogP contribution in [-0.2, 0) is 4.74 Å². The summed E-state index contributed by atoms with van der Waals surface area (Å²) in [5.74, 6) is 0. The molecule has 3 nitrogen and oxygen atoms in total. The number of thiazole rings is 1. The van der Waals surface area contributed by atoms with Gasteiger partial charge in [-0.15, -0.1) is 0 Å². The minimum absolute atomic E-state index is 0.726. The van der Waals surface area contributed by atoms with Gasteiger partial charge in [0.05, 0.1) is 10.2 Å². The van der Waals surface area contributed by atoms with Gasteiger partial charge in [-0.2, -0.15) is 0 Å². The van der Waals surface area contributed by atoms with Crippen molar-refractivity contribution in [2.75, 3.05) is 25.6 Å². The molecule has 0 aliphatic heterocycles. The number of ether oxygens (including phenoxy) is 1. The van der Waals surface area contributed by atoms with Crippen LogP contribution >= 0.6 is 22.9 Å². The first kappa shape index (κ1) is 11.6. The summed E-state index contributed by atoms with van der Waals surface area (Å²) in [6.07, 6.45) is 0.979. The normalized spacial score (nSPS) is 10.9. The average molecular weight is 257 g/mol. The smallest absolute Gasteiger partial charge is 0.183 e. The number of fused-ring (bicyclic) bond motifs is 1. The van der Waals surface area contributed by atoms with Crippen molar-refractivity contribution in [1.29, 1.82) is 0 Å². The highest BCUT2D eigenvalue weighted by Crippen LogP contribution is 2.27. The number of benzene rings is 1. The number of anilines is 1. The van der Waals surface area contributed by atoms with Gasteiger partial charge >= 0.3 is 0 Å². The Morgan fingerprint density at radius 3 is 3.19 bits per heavy atom. The molecule has 1 aromatic carbocycles. The number of aromatic nitrogens is 1. The van der Waals surface area contributed by atoms with Crippen molar-refractivity contribution in [3.05, 3.63) is 23.2 Å². The molecule has 1 heterocycles. The van der Waals surface area contributed by atoms with E-state index in [1.165, 1.54) is 0 Å². The summed E-state index contributed by atoms with van der Waals surface area (Å²) in [6.45, 7) is 1.64. The van der Waals surface area contributed by atoms with Gasteiger partial charge in [-0.05, 0) is 24.6 Å². The third kappa shape index (κ3) is 2.84. The fourth-order valence-corrected chi connectivity index (χ4v) is 2.43. The van der Waals surface area contributed by atoms with Gasteiger partial charge in [0.1, 0.15) is 0 Å². The van der Waals surface area contributed by atoms with E-state index < -0.39 is 0 Å². The summed E-state index contributed by atoms with van der Waals surface area (Å²) in [5, 5.41) is 4.94. The van der Waals surface area contributed by atoms with Crippen LogP contribution in [-0.4, -0.2) is 25.2 Å². The standard InChI is InChI=1S/C11H13ClN2OS/c1-15-6-2-5-13-11-14-9-7-8(12)3-4-10(9)16-11/h3-4,7H,2,5-6H2,1H3,(H,13,14). The van der Waals surface area contributed by atoms with E-state index in [1.54, 1.807) is 18.4 Å². The Labute approximate surface area is 103 Å². The Balaban J connectivity index is 2.02. The molecule has 0 atom stereocenters. The zero-order valence-corrected chi connectivity index (χ0v) is 10.6. The number of methoxy groups -OCH3 is 1. The van der Waals surface area contributed by atoms with Gasteiger partial charge in [0.2, 0.25) is 0 Å². The minimum Gasteiger partial charge on any atom is -0.385 e. The van der Waals surface area contributed by atoms with E-state index in [4.69, 9.17) is 16.3 Å². The Bertz CT molecular complexity index is 472. The largest absolute Gasteiger partial charge is 0.385 e. The second kappa shape index (κ2) is 5.48. The lowest BCUT2D eigenvalue weighted by Gasteiger charge is -2.00. The van der Waals surface area contributed by atoms with Gasteiger partial charge in [0.15, 0.2) is 5.13 Å². The quantitative estimate of drug-likeness (QED) is 0.833. The molecule has 16 heavy (non-hydrogen) atoms. The first-order chi connectivity index (χ1) is 7.79. The molecule has 86 valence electrons. The first-order valence-corrected chi connectivity index (χ1v) is 6.28. The molecule has 0 bridgehead atoms. The minimum atomic E-state index is 0.726. The van der Waals surface area contributed by atoms with Gasteiger partial charge in [-0.25, -0.2) is 4.98 Å². The monoisotopic (exact) mass is 256 g/mol. The Hall–Kier alpha value is -0.840. The summed E-state index contributed by atoms with van der Waals surface area (Å²) >= 11 is 7.54. The Morgan fingerprint density at radius 2 is 2.38 bits per heavy atom. The molecule has 0 fully saturated rings. The predicted molar refractivity (Wildman–Crippen MR) is 69.6 cm³/mol. The zero-order valence-electron chi connectivity index (χ0n) is 9.00. The van der Waals surface area contributed by atoms with E-state index >= 15 is 0 Å². The van der Waals surface area contributed by atoms with Crippen molar-refractivity contribution < 1.29 is 4.74 Å². The topological polar surface area (TPSA) is 34.1 Å². The summed E-state index contributed by atoms with van der Waals surface area (Å²) in [5.41, 5.74) is 0.951. The van der Waals surface area contributed by atoms with E-state index in [9.17, 15) is 0 Å². The highest BCUT2D eigenvalue weighted by Gasteiger charge is 2.03. The highest BCUT2D eigenvalue weighted by atomic mass is 35.5. The van der Waals surface area contributed by atoms with Gasteiger partial charge in [0, 0.05) is 25.3 Å². The van der Waals surface area contributed by atoms with Crippen LogP contribution in [0.15, 0.2) is 18.2 Å². The molecule has 0 saturated heterocycles. The van der Waals surface area contributed by atoms with Gasteiger partial charge < -0.3 is 10.1 Å². The highest BCUT2D eigenvalue weighted by molar-refractivity contribution is 7.22. The summed E-state index contributed by atoms with van der Waals surface area (Å²) in [4.78, 5) is 4.45. The van der Waals surface area contributed by atoms with Crippen molar-refractivity contribution in [3.63, 3.8) is 0 Å². The van der Waals surface area contributed by atoms with E-state index in [0.717, 1.165) is 39.9 Å². The third-order valence-electron chi connectivity index (χ3n) is 2.15. The molecule has 2 aromatic rings. The van der Waals surface area contributed by atoms with Crippen molar-refractivity contribution >= 4 is 38.3 Å². The van der Waals surface area contributed by atoms with Crippen molar-refractivity contribution in [2.24, 2.45) is 0 Å². The van der Waals surface area contributed by atoms with Crippen LogP contribution in [0.2, 0.25) is 5.02 Å². The van der Waals surface area contributed by atoms with Crippen LogP contribution in [0.3, 0.4) is 0 Å². The van der Waals surface area contributed by atoms with Gasteiger partial charge in [0.25, 0.3) is 0 Å². The SMILES string of the molecule is COCCCNc1nc2cc(Cl)ccc2s1. The first-order valence-electron chi connectivity index (χ1n) is 5.08. The van der Waals surface area contributed by atoms with Crippen LogP contribution in [0.4, 0.5) is 5.13 Å². The lowest BCUT2D eigenvalue weighted by Crippen LogP contribution is -2.03. The molecule has 0 spiro atoms. The van der Waals surface area contributed by atoms with Crippen LogP contribution in [0, 0.1) is 0 Å². The van der Waals surface area contributed by atoms with Crippen molar-refractivity contribution in [3.8, 4) is 0 Å². The second-order valence-corrected chi connectivity index (χ2v) is 4.87. The predicted octanol–water partition coefficient (Wildman–Crippen LogP) is 3.40. The van der Waals surface area contributed by atoms with Crippen LogP contribution in [0.25, 0.3) is 10.2 Å². The molecule has 0 aliphatic carbocycles. The molecule has 0 unspecified atom stereocenters. The van der Waals surface area contributed by atoms with E-state index in [2.05, 4.69) is 10.3 Å². The van der Waals surface area contributed by atoms with E-state index in [-0.39, 0.29) is 0 Å². The van der Waals surface area contributed by atoms with Gasteiger partial charge in [-0.1, -0.05) is 22.9 Å².